The van der Waals surface area contributed by atoms with Crippen LogP contribution in [0.1, 0.15) is 65.1 Å². The zero-order valence-electron chi connectivity index (χ0n) is 22.4. The average Bonchev–Trinajstić information content (AvgIpc) is 3.21. The molecule has 0 aromatic carbocycles. The SMILES string of the molecule is CC(C)(C)[Si](C)(C)OCC1(CO[Si](C)(C)C(C)(C)C)CC(C(N)=O)c2cnc3cc(Cl)nn3c21. The number of amides is 1. The Kier molecular flexibility index (Phi) is 6.98. The molecule has 0 fully saturated rings. The maximum Gasteiger partial charge on any atom is 0.225 e. The molecule has 2 aromatic rings. The summed E-state index contributed by atoms with van der Waals surface area (Å²) in [7, 11) is -4.19. The molecule has 2 heterocycles. The molecule has 1 aliphatic rings. The fraction of sp³-hybridized carbons (Fsp3) is 0.708. The molecule has 0 saturated carbocycles. The highest BCUT2D eigenvalue weighted by molar-refractivity contribution is 6.74. The second-order valence-corrected chi connectivity index (χ2v) is 22.8. The van der Waals surface area contributed by atoms with Crippen molar-refractivity contribution in [2.75, 3.05) is 13.2 Å². The van der Waals surface area contributed by atoms with Crippen LogP contribution in [0.25, 0.3) is 5.65 Å². The van der Waals surface area contributed by atoms with E-state index in [2.05, 4.69) is 77.8 Å². The normalized spacial score (nSPS) is 19.0. The van der Waals surface area contributed by atoms with Crippen LogP contribution >= 0.6 is 11.6 Å². The quantitative estimate of drug-likeness (QED) is 0.473. The molecule has 7 nitrogen and oxygen atoms in total. The van der Waals surface area contributed by atoms with Crippen molar-refractivity contribution in [1.29, 1.82) is 0 Å². The van der Waals surface area contributed by atoms with E-state index >= 15 is 0 Å². The number of hydrogen-bond acceptors (Lipinski definition) is 5. The molecule has 3 rings (SSSR count). The number of nitrogens with two attached hydrogens (primary N) is 1. The summed E-state index contributed by atoms with van der Waals surface area (Å²) < 4.78 is 15.4. The van der Waals surface area contributed by atoms with Gasteiger partial charge in [-0.15, -0.1) is 0 Å². The van der Waals surface area contributed by atoms with E-state index in [0.717, 1.165) is 11.3 Å². The molecule has 0 radical (unpaired) electrons. The van der Waals surface area contributed by atoms with Gasteiger partial charge in [0, 0.05) is 31.0 Å². The van der Waals surface area contributed by atoms with Crippen molar-refractivity contribution in [1.82, 2.24) is 14.6 Å². The van der Waals surface area contributed by atoms with E-state index < -0.39 is 28.0 Å². The molecular weight excluding hydrogens is 484 g/mol. The summed E-state index contributed by atoms with van der Waals surface area (Å²) in [5.41, 5.74) is 7.60. The molecule has 2 aromatic heterocycles. The summed E-state index contributed by atoms with van der Waals surface area (Å²) in [6, 6.07) is 1.73. The Hall–Kier alpha value is -1.27. The summed E-state index contributed by atoms with van der Waals surface area (Å²) in [5.74, 6) is -0.858. The third-order valence-corrected chi connectivity index (χ3v) is 17.5. The first-order valence-corrected chi connectivity index (χ1v) is 18.1. The van der Waals surface area contributed by atoms with Crippen LogP contribution in [0.5, 0.6) is 0 Å². The van der Waals surface area contributed by atoms with Gasteiger partial charge in [-0.1, -0.05) is 53.1 Å². The Morgan fingerprint density at radius 2 is 1.62 bits per heavy atom. The Balaban J connectivity index is 2.17. The van der Waals surface area contributed by atoms with Crippen molar-refractivity contribution in [3.8, 4) is 0 Å². The smallest absolute Gasteiger partial charge is 0.225 e. The highest BCUT2D eigenvalue weighted by Crippen LogP contribution is 2.49. The predicted molar refractivity (Wildman–Crippen MR) is 143 cm³/mol. The molecular formula is C24H41ClN4O3Si2. The van der Waals surface area contributed by atoms with Crippen molar-refractivity contribution < 1.29 is 13.6 Å². The molecule has 0 spiro atoms. The molecule has 34 heavy (non-hydrogen) atoms. The Bertz CT molecular complexity index is 1060. The molecule has 1 atom stereocenters. The first-order valence-electron chi connectivity index (χ1n) is 11.9. The summed E-state index contributed by atoms with van der Waals surface area (Å²) in [4.78, 5) is 17.1. The highest BCUT2D eigenvalue weighted by atomic mass is 35.5. The minimum absolute atomic E-state index is 0.0432. The second kappa shape index (κ2) is 8.69. The maximum absolute atomic E-state index is 12.6. The molecule has 10 heteroatoms. The molecule has 1 amide bonds. The summed E-state index contributed by atoms with van der Waals surface area (Å²) in [6.07, 6.45) is 2.25. The van der Waals surface area contributed by atoms with Gasteiger partial charge >= 0.3 is 0 Å². The minimum atomic E-state index is -2.10. The fourth-order valence-corrected chi connectivity index (χ4v) is 6.24. The summed E-state index contributed by atoms with van der Waals surface area (Å²) in [5, 5.41) is 4.98. The lowest BCUT2D eigenvalue weighted by Gasteiger charge is -2.43. The number of rotatable bonds is 7. The Morgan fingerprint density at radius 1 is 1.12 bits per heavy atom. The summed E-state index contributed by atoms with van der Waals surface area (Å²) >= 11 is 6.28. The lowest BCUT2D eigenvalue weighted by atomic mass is 9.85. The van der Waals surface area contributed by atoms with Crippen molar-refractivity contribution in [2.45, 2.75) is 95.6 Å². The van der Waals surface area contributed by atoms with Gasteiger partial charge in [-0.05, 0) is 42.7 Å². The highest BCUT2D eigenvalue weighted by Gasteiger charge is 2.52. The average molecular weight is 525 g/mol. The number of nitrogens with zero attached hydrogens (tertiary/aromatic N) is 3. The lowest BCUT2D eigenvalue weighted by molar-refractivity contribution is -0.119. The number of aromatic nitrogens is 3. The molecule has 0 bridgehead atoms. The van der Waals surface area contributed by atoms with Gasteiger partial charge < -0.3 is 14.6 Å². The van der Waals surface area contributed by atoms with Gasteiger partial charge in [-0.2, -0.15) is 5.10 Å². The Labute approximate surface area is 211 Å². The van der Waals surface area contributed by atoms with Crippen molar-refractivity contribution in [3.63, 3.8) is 0 Å². The Morgan fingerprint density at radius 3 is 2.06 bits per heavy atom. The molecule has 190 valence electrons. The van der Waals surface area contributed by atoms with E-state index in [9.17, 15) is 4.79 Å². The first-order chi connectivity index (χ1) is 15.3. The number of halogens is 1. The van der Waals surface area contributed by atoms with Gasteiger partial charge in [0.15, 0.2) is 27.4 Å². The van der Waals surface area contributed by atoms with E-state index in [-0.39, 0.29) is 16.0 Å². The first kappa shape index (κ1) is 27.3. The third-order valence-electron chi connectivity index (χ3n) is 8.33. The van der Waals surface area contributed by atoms with Gasteiger partial charge in [0.1, 0.15) is 0 Å². The van der Waals surface area contributed by atoms with Crippen molar-refractivity contribution >= 4 is 39.8 Å². The van der Waals surface area contributed by atoms with Crippen LogP contribution in [-0.4, -0.2) is 50.4 Å². The number of fused-ring (bicyclic) bond motifs is 3. The topological polar surface area (TPSA) is 91.7 Å². The van der Waals surface area contributed by atoms with Crippen molar-refractivity contribution in [3.05, 3.63) is 28.7 Å². The van der Waals surface area contributed by atoms with Crippen LogP contribution in [0.4, 0.5) is 0 Å². The van der Waals surface area contributed by atoms with Crippen LogP contribution in [-0.2, 0) is 19.1 Å². The van der Waals surface area contributed by atoms with Crippen LogP contribution < -0.4 is 5.73 Å². The number of primary amides is 1. The molecule has 1 unspecified atom stereocenters. The van der Waals surface area contributed by atoms with Crippen molar-refractivity contribution in [2.24, 2.45) is 5.73 Å². The zero-order valence-corrected chi connectivity index (χ0v) is 25.1. The third kappa shape index (κ3) is 4.86. The van der Waals surface area contributed by atoms with E-state index in [1.807, 2.05) is 0 Å². The zero-order chi connectivity index (χ0) is 25.9. The number of carbonyl (C=O) groups is 1. The van der Waals surface area contributed by atoms with E-state index in [1.165, 1.54) is 0 Å². The van der Waals surface area contributed by atoms with Gasteiger partial charge in [0.2, 0.25) is 5.91 Å². The van der Waals surface area contributed by atoms with Crippen LogP contribution in [0.2, 0.25) is 41.4 Å². The minimum Gasteiger partial charge on any atom is -0.416 e. The standard InChI is InChI=1S/C24H41ClN4O3Si2/c1-22(2,3)33(7,8)31-14-24(15-32-34(9,10)23(4,5)6)12-16(21(26)30)17-13-27-19-11-18(25)28-29(19)20(17)24/h11,13,16H,12,14-15H2,1-10H3,(H2,26,30). The second-order valence-electron chi connectivity index (χ2n) is 12.8. The fourth-order valence-electron chi connectivity index (χ4n) is 3.92. The number of hydrogen-bond donors (Lipinski definition) is 1. The monoisotopic (exact) mass is 524 g/mol. The summed E-state index contributed by atoms with van der Waals surface area (Å²) in [6.45, 7) is 23.2. The lowest BCUT2D eigenvalue weighted by Crippen LogP contribution is -2.50. The van der Waals surface area contributed by atoms with Gasteiger partial charge in [-0.25, -0.2) is 9.50 Å². The van der Waals surface area contributed by atoms with E-state index in [1.54, 1.807) is 16.8 Å². The van der Waals surface area contributed by atoms with Crippen LogP contribution in [0.15, 0.2) is 12.3 Å². The maximum atomic E-state index is 12.6. The van der Waals surface area contributed by atoms with Crippen LogP contribution in [0, 0.1) is 0 Å². The van der Waals surface area contributed by atoms with Gasteiger partial charge in [0.25, 0.3) is 0 Å². The van der Waals surface area contributed by atoms with Crippen LogP contribution in [0.3, 0.4) is 0 Å². The van der Waals surface area contributed by atoms with Gasteiger partial charge in [0.05, 0.1) is 17.0 Å². The molecule has 0 saturated heterocycles. The molecule has 2 N–H and O–H groups in total. The van der Waals surface area contributed by atoms with E-state index in [0.29, 0.717) is 30.4 Å². The number of carbonyl (C=O) groups excluding carboxylic acids is 1. The van der Waals surface area contributed by atoms with Gasteiger partial charge in [-0.3, -0.25) is 4.79 Å². The van der Waals surface area contributed by atoms with E-state index in [4.69, 9.17) is 26.2 Å². The predicted octanol–water partition coefficient (Wildman–Crippen LogP) is 5.64. The largest absolute Gasteiger partial charge is 0.416 e. The molecule has 0 aliphatic heterocycles. The molecule has 1 aliphatic carbocycles.